The van der Waals surface area contributed by atoms with Crippen LogP contribution in [0.4, 0.5) is 0 Å². The predicted molar refractivity (Wildman–Crippen MR) is 94.7 cm³/mol. The maximum atomic E-state index is 4.65. The van der Waals surface area contributed by atoms with Gasteiger partial charge >= 0.3 is 0 Å². The lowest BCUT2D eigenvalue weighted by Crippen LogP contribution is -2.24. The maximum Gasteiger partial charge on any atom is 0.0947 e. The van der Waals surface area contributed by atoms with Gasteiger partial charge in [-0.3, -0.25) is 9.88 Å². The van der Waals surface area contributed by atoms with Gasteiger partial charge in [-0.05, 0) is 56.8 Å². The van der Waals surface area contributed by atoms with Crippen molar-refractivity contribution in [3.8, 4) is 0 Å². The summed E-state index contributed by atoms with van der Waals surface area (Å²) in [5.41, 5.74) is 3.67. The highest BCUT2D eigenvalue weighted by Gasteiger charge is 2.19. The molecule has 3 aromatic rings. The molecule has 1 atom stereocenters. The van der Waals surface area contributed by atoms with Crippen LogP contribution in [-0.4, -0.2) is 36.9 Å². The molecule has 24 heavy (non-hydrogen) atoms. The largest absolute Gasteiger partial charge is 0.340 e. The average molecular weight is 323 g/mol. The van der Waals surface area contributed by atoms with Crippen LogP contribution >= 0.6 is 0 Å². The molecule has 0 radical (unpaired) electrons. The first kappa shape index (κ1) is 15.4. The van der Waals surface area contributed by atoms with Crippen LogP contribution in [0.2, 0.25) is 0 Å². The molecule has 0 N–H and O–H groups in total. The van der Waals surface area contributed by atoms with Crippen molar-refractivity contribution in [3.05, 3.63) is 54.6 Å². The Balaban J connectivity index is 1.39. The van der Waals surface area contributed by atoms with Crippen LogP contribution in [-0.2, 0) is 20.0 Å². The van der Waals surface area contributed by atoms with Gasteiger partial charge in [0.25, 0.3) is 0 Å². The minimum Gasteiger partial charge on any atom is -0.340 e. The fraction of sp³-hybridized carbons (Fsp3) is 0.474. The molecule has 3 aromatic heterocycles. The van der Waals surface area contributed by atoms with E-state index >= 15 is 0 Å². The lowest BCUT2D eigenvalue weighted by molar-refractivity contribution is 0.269. The smallest absolute Gasteiger partial charge is 0.0947 e. The van der Waals surface area contributed by atoms with Crippen molar-refractivity contribution in [2.45, 2.75) is 32.2 Å². The summed E-state index contributed by atoms with van der Waals surface area (Å²) in [6, 6.07) is 4.27. The van der Waals surface area contributed by atoms with E-state index in [1.807, 2.05) is 30.3 Å². The standard InChI is InChI=1S/C19H25N5/c1-22-13-17(21-15-22)14-23-8-2-4-16(6-10-23)12-18-19-5-3-9-24(19)11-7-20-18/h3,5,7,9,11,13,15-16H,2,4,6,8,10,12,14H2,1H3/t16-/m0/s1. The summed E-state index contributed by atoms with van der Waals surface area (Å²) in [5.74, 6) is 0.729. The Kier molecular flexibility index (Phi) is 4.34. The van der Waals surface area contributed by atoms with Crippen LogP contribution in [0.1, 0.15) is 30.7 Å². The van der Waals surface area contributed by atoms with Gasteiger partial charge in [-0.15, -0.1) is 0 Å². The van der Waals surface area contributed by atoms with E-state index in [2.05, 4.69) is 43.8 Å². The summed E-state index contributed by atoms with van der Waals surface area (Å²) in [7, 11) is 2.03. The Bertz CT molecular complexity index is 803. The fourth-order valence-electron chi connectivity index (χ4n) is 3.83. The number of hydrogen-bond donors (Lipinski definition) is 0. The van der Waals surface area contributed by atoms with E-state index in [9.17, 15) is 0 Å². The lowest BCUT2D eigenvalue weighted by Gasteiger charge is -2.19. The van der Waals surface area contributed by atoms with Gasteiger partial charge in [0.05, 0.1) is 23.2 Å². The maximum absolute atomic E-state index is 4.65. The second-order valence-electron chi connectivity index (χ2n) is 6.98. The summed E-state index contributed by atoms with van der Waals surface area (Å²) in [6.07, 6.45) is 15.0. The first-order valence-electron chi connectivity index (χ1n) is 8.88. The summed E-state index contributed by atoms with van der Waals surface area (Å²) >= 11 is 0. The molecular formula is C19H25N5. The van der Waals surface area contributed by atoms with Crippen LogP contribution in [0, 0.1) is 5.92 Å². The molecule has 1 aliphatic heterocycles. The number of hydrogen-bond acceptors (Lipinski definition) is 3. The Hall–Kier alpha value is -2.14. The van der Waals surface area contributed by atoms with Crippen molar-refractivity contribution in [1.29, 1.82) is 0 Å². The second kappa shape index (κ2) is 6.77. The summed E-state index contributed by atoms with van der Waals surface area (Å²) in [4.78, 5) is 11.7. The summed E-state index contributed by atoms with van der Waals surface area (Å²) in [6.45, 7) is 3.31. The monoisotopic (exact) mass is 323 g/mol. The quantitative estimate of drug-likeness (QED) is 0.741. The van der Waals surface area contributed by atoms with Crippen molar-refractivity contribution >= 4 is 5.52 Å². The zero-order valence-corrected chi connectivity index (χ0v) is 14.3. The van der Waals surface area contributed by atoms with Crippen molar-refractivity contribution in [1.82, 2.24) is 23.8 Å². The Morgan fingerprint density at radius 1 is 1.17 bits per heavy atom. The van der Waals surface area contributed by atoms with Crippen LogP contribution in [0.15, 0.2) is 43.2 Å². The number of likely N-dealkylation sites (tertiary alicyclic amines) is 1. The van der Waals surface area contributed by atoms with E-state index in [0.29, 0.717) is 0 Å². The summed E-state index contributed by atoms with van der Waals surface area (Å²) in [5, 5.41) is 0. The van der Waals surface area contributed by atoms with Crippen LogP contribution in [0.5, 0.6) is 0 Å². The SMILES string of the molecule is Cn1cnc(CN2CCC[C@H](Cc3nccn4cccc34)CC2)c1. The zero-order chi connectivity index (χ0) is 16.4. The molecule has 5 heteroatoms. The first-order chi connectivity index (χ1) is 11.8. The van der Waals surface area contributed by atoms with Crippen molar-refractivity contribution < 1.29 is 0 Å². The third-order valence-electron chi connectivity index (χ3n) is 5.10. The van der Waals surface area contributed by atoms with Crippen molar-refractivity contribution in [2.24, 2.45) is 13.0 Å². The van der Waals surface area contributed by atoms with Gasteiger partial charge in [-0.2, -0.15) is 0 Å². The van der Waals surface area contributed by atoms with Crippen molar-refractivity contribution in [3.63, 3.8) is 0 Å². The van der Waals surface area contributed by atoms with E-state index in [1.54, 1.807) is 0 Å². The summed E-state index contributed by atoms with van der Waals surface area (Å²) < 4.78 is 4.20. The molecule has 1 aliphatic rings. The number of rotatable bonds is 4. The van der Waals surface area contributed by atoms with Crippen LogP contribution in [0.25, 0.3) is 5.52 Å². The molecule has 1 fully saturated rings. The lowest BCUT2D eigenvalue weighted by atomic mass is 9.95. The predicted octanol–water partition coefficient (Wildman–Crippen LogP) is 2.91. The van der Waals surface area contributed by atoms with E-state index in [0.717, 1.165) is 25.4 Å². The third kappa shape index (κ3) is 3.36. The highest BCUT2D eigenvalue weighted by Crippen LogP contribution is 2.23. The molecule has 4 rings (SSSR count). The van der Waals surface area contributed by atoms with E-state index in [1.165, 1.54) is 42.7 Å². The number of aromatic nitrogens is 4. The van der Waals surface area contributed by atoms with E-state index < -0.39 is 0 Å². The van der Waals surface area contributed by atoms with Gasteiger partial charge in [0, 0.05) is 38.4 Å². The molecule has 126 valence electrons. The minimum atomic E-state index is 0.729. The highest BCUT2D eigenvalue weighted by molar-refractivity contribution is 5.52. The van der Waals surface area contributed by atoms with Crippen molar-refractivity contribution in [2.75, 3.05) is 13.1 Å². The normalized spacial score (nSPS) is 19.6. The first-order valence-corrected chi connectivity index (χ1v) is 8.88. The molecule has 4 heterocycles. The molecule has 0 aromatic carbocycles. The zero-order valence-electron chi connectivity index (χ0n) is 14.3. The Labute approximate surface area is 143 Å². The van der Waals surface area contributed by atoms with Gasteiger partial charge in [-0.25, -0.2) is 4.98 Å². The van der Waals surface area contributed by atoms with E-state index in [-0.39, 0.29) is 0 Å². The molecule has 1 saturated heterocycles. The molecular weight excluding hydrogens is 298 g/mol. The molecule has 0 spiro atoms. The van der Waals surface area contributed by atoms with E-state index in [4.69, 9.17) is 0 Å². The molecule has 0 aliphatic carbocycles. The van der Waals surface area contributed by atoms with Gasteiger partial charge in [0.2, 0.25) is 0 Å². The second-order valence-corrected chi connectivity index (χ2v) is 6.98. The average Bonchev–Trinajstić information content (AvgIpc) is 3.15. The molecule has 0 amide bonds. The molecule has 0 saturated carbocycles. The number of aryl methyl sites for hydroxylation is 1. The fourth-order valence-corrected chi connectivity index (χ4v) is 3.83. The Morgan fingerprint density at radius 3 is 3.00 bits per heavy atom. The number of imidazole rings is 1. The molecule has 0 bridgehead atoms. The highest BCUT2D eigenvalue weighted by atomic mass is 15.1. The minimum absolute atomic E-state index is 0.729. The number of fused-ring (bicyclic) bond motifs is 1. The third-order valence-corrected chi connectivity index (χ3v) is 5.10. The van der Waals surface area contributed by atoms with Gasteiger partial charge in [0.1, 0.15) is 0 Å². The van der Waals surface area contributed by atoms with Gasteiger partial charge in [0.15, 0.2) is 0 Å². The topological polar surface area (TPSA) is 38.4 Å². The van der Waals surface area contributed by atoms with Crippen LogP contribution < -0.4 is 0 Å². The van der Waals surface area contributed by atoms with Gasteiger partial charge < -0.3 is 8.97 Å². The molecule has 0 unspecified atom stereocenters. The van der Waals surface area contributed by atoms with Crippen LogP contribution in [0.3, 0.4) is 0 Å². The Morgan fingerprint density at radius 2 is 2.12 bits per heavy atom. The van der Waals surface area contributed by atoms with Gasteiger partial charge in [-0.1, -0.05) is 0 Å². The number of nitrogens with zero attached hydrogens (tertiary/aromatic N) is 5. The molecule has 5 nitrogen and oxygen atoms in total.